The van der Waals surface area contributed by atoms with Crippen molar-refractivity contribution in [2.45, 2.75) is 51.6 Å². The molecule has 0 saturated carbocycles. The van der Waals surface area contributed by atoms with Crippen molar-refractivity contribution in [3.63, 3.8) is 0 Å². The number of aryl methyl sites for hydroxylation is 2. The van der Waals surface area contributed by atoms with Gasteiger partial charge in [-0.15, -0.1) is 5.10 Å². The van der Waals surface area contributed by atoms with E-state index < -0.39 is 0 Å². The first-order valence-electron chi connectivity index (χ1n) is 7.38. The molecule has 1 spiro atoms. The van der Waals surface area contributed by atoms with Crippen LogP contribution in [0.3, 0.4) is 0 Å². The zero-order valence-corrected chi connectivity index (χ0v) is 11.9. The maximum Gasteiger partial charge on any atom is 0.245 e. The zero-order chi connectivity index (χ0) is 13.3. The summed E-state index contributed by atoms with van der Waals surface area (Å²) in [6.45, 7) is 7.12. The first-order valence-corrected chi connectivity index (χ1v) is 7.38. The largest absolute Gasteiger partial charge is 0.375 e. The summed E-state index contributed by atoms with van der Waals surface area (Å²) in [5.74, 6) is 0.795. The van der Waals surface area contributed by atoms with Gasteiger partial charge in [-0.2, -0.15) is 5.10 Å². The lowest BCUT2D eigenvalue weighted by Crippen LogP contribution is -2.52. The van der Waals surface area contributed by atoms with Gasteiger partial charge in [-0.05, 0) is 32.1 Å². The van der Waals surface area contributed by atoms with E-state index in [-0.39, 0.29) is 5.60 Å². The van der Waals surface area contributed by atoms with E-state index in [2.05, 4.69) is 33.9 Å². The van der Waals surface area contributed by atoms with Gasteiger partial charge < -0.3 is 9.64 Å². The second-order valence-corrected chi connectivity index (χ2v) is 5.48. The molecular weight excluding hydrogens is 240 g/mol. The predicted molar refractivity (Wildman–Crippen MR) is 73.3 cm³/mol. The van der Waals surface area contributed by atoms with Gasteiger partial charge in [-0.3, -0.25) is 0 Å². The molecule has 0 N–H and O–H groups in total. The van der Waals surface area contributed by atoms with Crippen molar-refractivity contribution in [1.82, 2.24) is 15.2 Å². The average Bonchev–Trinajstić information content (AvgIpc) is 2.45. The third kappa shape index (κ3) is 2.31. The number of nitrogens with zero attached hydrogens (tertiary/aromatic N) is 4. The Hall–Kier alpha value is -1.23. The van der Waals surface area contributed by atoms with Gasteiger partial charge in [0.15, 0.2) is 0 Å². The molecule has 3 heterocycles. The normalized spacial score (nSPS) is 21.5. The van der Waals surface area contributed by atoms with E-state index in [0.29, 0.717) is 0 Å². The van der Waals surface area contributed by atoms with E-state index in [0.717, 1.165) is 62.7 Å². The Kier molecular flexibility index (Phi) is 3.39. The van der Waals surface area contributed by atoms with Gasteiger partial charge in [-0.25, -0.2) is 4.98 Å². The molecule has 0 bridgehead atoms. The predicted octanol–water partition coefficient (Wildman–Crippen LogP) is 1.76. The number of hydrogen-bond donors (Lipinski definition) is 0. The molecule has 0 aromatic carbocycles. The minimum Gasteiger partial charge on any atom is -0.375 e. The Bertz CT molecular complexity index is 449. The number of hydrogen-bond acceptors (Lipinski definition) is 5. The van der Waals surface area contributed by atoms with Crippen molar-refractivity contribution in [1.29, 1.82) is 0 Å². The lowest BCUT2D eigenvalue weighted by atomic mass is 9.84. The van der Waals surface area contributed by atoms with Gasteiger partial charge in [0, 0.05) is 13.1 Å². The molecule has 2 aliphatic heterocycles. The van der Waals surface area contributed by atoms with Crippen molar-refractivity contribution in [3.8, 4) is 0 Å². The van der Waals surface area contributed by atoms with Crippen LogP contribution in [0.2, 0.25) is 0 Å². The van der Waals surface area contributed by atoms with Crippen molar-refractivity contribution in [2.75, 3.05) is 24.6 Å². The monoisotopic (exact) mass is 262 g/mol. The van der Waals surface area contributed by atoms with Crippen LogP contribution < -0.4 is 4.90 Å². The number of aromatic nitrogens is 3. The highest BCUT2D eigenvalue weighted by Crippen LogP contribution is 2.37. The number of ether oxygens (including phenoxy) is 1. The fourth-order valence-corrected chi connectivity index (χ4v) is 2.96. The maximum atomic E-state index is 5.74. The SMILES string of the molecule is CCc1nnc(N2CCC3(CCO3)CC2)nc1CC. The summed E-state index contributed by atoms with van der Waals surface area (Å²) in [5, 5.41) is 8.63. The Balaban J connectivity index is 1.72. The standard InChI is InChI=1S/C14H22N4O/c1-3-11-12(4-2)16-17-13(15-11)18-8-5-14(6-9-18)7-10-19-14/h3-10H2,1-2H3. The first kappa shape index (κ1) is 12.8. The molecule has 0 aliphatic carbocycles. The molecule has 0 radical (unpaired) electrons. The fourth-order valence-electron chi connectivity index (χ4n) is 2.96. The van der Waals surface area contributed by atoms with E-state index in [9.17, 15) is 0 Å². The van der Waals surface area contributed by atoms with Crippen molar-refractivity contribution in [3.05, 3.63) is 11.4 Å². The van der Waals surface area contributed by atoms with Gasteiger partial charge in [-0.1, -0.05) is 13.8 Å². The van der Waals surface area contributed by atoms with Crippen molar-refractivity contribution < 1.29 is 4.74 Å². The first-order chi connectivity index (χ1) is 9.26. The van der Waals surface area contributed by atoms with Crippen LogP contribution >= 0.6 is 0 Å². The lowest BCUT2D eigenvalue weighted by molar-refractivity contribution is -0.158. The van der Waals surface area contributed by atoms with E-state index in [1.54, 1.807) is 0 Å². The molecule has 5 heteroatoms. The van der Waals surface area contributed by atoms with Crippen LogP contribution in [-0.2, 0) is 17.6 Å². The molecular formula is C14H22N4O. The molecule has 19 heavy (non-hydrogen) atoms. The molecule has 2 saturated heterocycles. The maximum absolute atomic E-state index is 5.74. The molecule has 2 fully saturated rings. The summed E-state index contributed by atoms with van der Waals surface area (Å²) in [4.78, 5) is 6.94. The zero-order valence-electron chi connectivity index (χ0n) is 11.9. The fraction of sp³-hybridized carbons (Fsp3) is 0.786. The third-order valence-corrected chi connectivity index (χ3v) is 4.42. The summed E-state index contributed by atoms with van der Waals surface area (Å²) in [6, 6.07) is 0. The van der Waals surface area contributed by atoms with E-state index in [4.69, 9.17) is 4.74 Å². The Morgan fingerprint density at radius 3 is 2.26 bits per heavy atom. The highest BCUT2D eigenvalue weighted by molar-refractivity contribution is 5.31. The lowest BCUT2D eigenvalue weighted by Gasteiger charge is -2.47. The second-order valence-electron chi connectivity index (χ2n) is 5.48. The minimum absolute atomic E-state index is 0.181. The molecule has 1 aromatic heterocycles. The Morgan fingerprint density at radius 2 is 1.74 bits per heavy atom. The van der Waals surface area contributed by atoms with Crippen LogP contribution in [0.1, 0.15) is 44.5 Å². The molecule has 3 rings (SSSR count). The van der Waals surface area contributed by atoms with E-state index >= 15 is 0 Å². The van der Waals surface area contributed by atoms with Crippen molar-refractivity contribution >= 4 is 5.95 Å². The molecule has 5 nitrogen and oxygen atoms in total. The molecule has 104 valence electrons. The molecule has 0 unspecified atom stereocenters. The Morgan fingerprint density at radius 1 is 1.05 bits per heavy atom. The summed E-state index contributed by atoms with van der Waals surface area (Å²) >= 11 is 0. The number of rotatable bonds is 3. The molecule has 0 atom stereocenters. The smallest absolute Gasteiger partial charge is 0.245 e. The summed E-state index contributed by atoms with van der Waals surface area (Å²) in [7, 11) is 0. The van der Waals surface area contributed by atoms with Gasteiger partial charge in [0.1, 0.15) is 0 Å². The van der Waals surface area contributed by atoms with Gasteiger partial charge >= 0.3 is 0 Å². The number of piperidine rings is 1. The summed E-state index contributed by atoms with van der Waals surface area (Å²) < 4.78 is 5.74. The van der Waals surface area contributed by atoms with Crippen LogP contribution in [0.4, 0.5) is 5.95 Å². The topological polar surface area (TPSA) is 51.1 Å². The van der Waals surface area contributed by atoms with Crippen LogP contribution in [0, 0.1) is 0 Å². The minimum atomic E-state index is 0.181. The van der Waals surface area contributed by atoms with Crippen LogP contribution in [0.25, 0.3) is 0 Å². The third-order valence-electron chi connectivity index (χ3n) is 4.42. The van der Waals surface area contributed by atoms with Gasteiger partial charge in [0.05, 0.1) is 23.6 Å². The molecule has 0 amide bonds. The molecule has 1 aromatic rings. The quantitative estimate of drug-likeness (QED) is 0.830. The van der Waals surface area contributed by atoms with Crippen LogP contribution in [0.5, 0.6) is 0 Å². The Labute approximate surface area is 114 Å². The van der Waals surface area contributed by atoms with Crippen LogP contribution in [-0.4, -0.2) is 40.5 Å². The highest BCUT2D eigenvalue weighted by atomic mass is 16.5. The average molecular weight is 262 g/mol. The molecule has 2 aliphatic rings. The number of anilines is 1. The van der Waals surface area contributed by atoms with E-state index in [1.807, 2.05) is 0 Å². The van der Waals surface area contributed by atoms with Crippen molar-refractivity contribution in [2.24, 2.45) is 0 Å². The highest BCUT2D eigenvalue weighted by Gasteiger charge is 2.41. The summed E-state index contributed by atoms with van der Waals surface area (Å²) in [6.07, 6.45) is 5.22. The van der Waals surface area contributed by atoms with Gasteiger partial charge in [0.25, 0.3) is 0 Å². The van der Waals surface area contributed by atoms with Gasteiger partial charge in [0.2, 0.25) is 5.95 Å². The van der Waals surface area contributed by atoms with E-state index in [1.165, 1.54) is 6.42 Å². The van der Waals surface area contributed by atoms with Crippen LogP contribution in [0.15, 0.2) is 0 Å². The second kappa shape index (κ2) is 5.04. The summed E-state index contributed by atoms with van der Waals surface area (Å²) in [5.41, 5.74) is 2.30.